The molecular weight excluding hydrogens is 358 g/mol. The van der Waals surface area contributed by atoms with Crippen molar-refractivity contribution in [3.05, 3.63) is 29.8 Å². The van der Waals surface area contributed by atoms with Crippen LogP contribution in [0.2, 0.25) is 0 Å². The Morgan fingerprint density at radius 2 is 1.89 bits per heavy atom. The van der Waals surface area contributed by atoms with E-state index < -0.39 is 5.54 Å². The maximum atomic E-state index is 12.9. The van der Waals surface area contributed by atoms with Crippen molar-refractivity contribution in [2.24, 2.45) is 5.92 Å². The fourth-order valence-electron chi connectivity index (χ4n) is 4.13. The van der Waals surface area contributed by atoms with Gasteiger partial charge in [-0.25, -0.2) is 4.79 Å². The number of carbonyl (C=O) groups is 3. The third-order valence-corrected chi connectivity index (χ3v) is 5.55. The van der Waals surface area contributed by atoms with Crippen LogP contribution in [0.5, 0.6) is 5.75 Å². The Bertz CT molecular complexity index is 769. The number of urea groups is 1. The van der Waals surface area contributed by atoms with Gasteiger partial charge >= 0.3 is 6.03 Å². The van der Waals surface area contributed by atoms with Crippen LogP contribution in [0.3, 0.4) is 0 Å². The van der Waals surface area contributed by atoms with Crippen LogP contribution in [0.4, 0.5) is 4.79 Å². The normalized spacial score (nSPS) is 19.1. The van der Waals surface area contributed by atoms with Crippen molar-refractivity contribution in [3.8, 4) is 5.75 Å². The van der Waals surface area contributed by atoms with Crippen LogP contribution in [0, 0.1) is 5.92 Å². The first-order chi connectivity index (χ1) is 13.3. The molecule has 152 valence electrons. The van der Waals surface area contributed by atoms with Gasteiger partial charge in [0, 0.05) is 32.2 Å². The number of benzene rings is 1. The number of nitrogens with zero attached hydrogens (tertiary/aromatic N) is 3. The van der Waals surface area contributed by atoms with Gasteiger partial charge in [0.1, 0.15) is 11.3 Å². The molecule has 0 saturated carbocycles. The molecule has 4 amide bonds. The first kappa shape index (κ1) is 20.2. The van der Waals surface area contributed by atoms with Gasteiger partial charge in [0.05, 0.1) is 6.61 Å². The van der Waals surface area contributed by atoms with Gasteiger partial charge in [0.25, 0.3) is 11.8 Å². The highest BCUT2D eigenvalue weighted by Crippen LogP contribution is 2.37. The minimum atomic E-state index is -0.819. The molecule has 7 nitrogen and oxygen atoms in total. The number of amides is 4. The molecule has 2 fully saturated rings. The number of ether oxygens (including phenoxy) is 1. The molecule has 0 atom stereocenters. The number of likely N-dealkylation sites (N-methyl/N-ethyl adjacent to an activating group) is 1. The zero-order valence-corrected chi connectivity index (χ0v) is 17.1. The van der Waals surface area contributed by atoms with Crippen LogP contribution in [0.1, 0.15) is 44.0 Å². The van der Waals surface area contributed by atoms with Gasteiger partial charge in [-0.2, -0.15) is 0 Å². The van der Waals surface area contributed by atoms with Crippen LogP contribution in [-0.4, -0.2) is 71.4 Å². The number of rotatable bonds is 5. The van der Waals surface area contributed by atoms with Crippen molar-refractivity contribution in [3.63, 3.8) is 0 Å². The number of piperidine rings is 1. The summed E-state index contributed by atoms with van der Waals surface area (Å²) in [6.45, 7) is 7.94. The molecule has 2 aliphatic heterocycles. The molecule has 1 aromatic rings. The second kappa shape index (κ2) is 7.81. The first-order valence-electron chi connectivity index (χ1n) is 9.92. The van der Waals surface area contributed by atoms with Crippen molar-refractivity contribution < 1.29 is 19.1 Å². The number of imide groups is 1. The summed E-state index contributed by atoms with van der Waals surface area (Å²) in [6.07, 6.45) is 0.928. The van der Waals surface area contributed by atoms with E-state index in [4.69, 9.17) is 4.74 Å². The van der Waals surface area contributed by atoms with E-state index in [2.05, 4.69) is 0 Å². The summed E-state index contributed by atoms with van der Waals surface area (Å²) in [7, 11) is 1.55. The molecule has 2 heterocycles. The molecule has 0 unspecified atom stereocenters. The summed E-state index contributed by atoms with van der Waals surface area (Å²) in [5.41, 5.74) is -0.244. The smallest absolute Gasteiger partial charge is 0.327 e. The summed E-state index contributed by atoms with van der Waals surface area (Å²) in [6, 6.07) is 6.93. The predicted octanol–water partition coefficient (Wildman–Crippen LogP) is 2.61. The van der Waals surface area contributed by atoms with Gasteiger partial charge in [0.15, 0.2) is 0 Å². The minimum Gasteiger partial charge on any atom is -0.494 e. The topological polar surface area (TPSA) is 70.2 Å². The molecule has 2 aliphatic rings. The molecule has 2 saturated heterocycles. The summed E-state index contributed by atoms with van der Waals surface area (Å²) in [5.74, 6) is 0.713. The van der Waals surface area contributed by atoms with Crippen LogP contribution < -0.4 is 4.74 Å². The number of carbonyl (C=O) groups excluding carboxylic acids is 3. The maximum Gasteiger partial charge on any atom is 0.327 e. The van der Waals surface area contributed by atoms with E-state index in [0.29, 0.717) is 50.4 Å². The summed E-state index contributed by atoms with van der Waals surface area (Å²) in [5, 5.41) is 0. The lowest BCUT2D eigenvalue weighted by molar-refractivity contribution is -0.134. The fourth-order valence-corrected chi connectivity index (χ4v) is 4.13. The van der Waals surface area contributed by atoms with Gasteiger partial charge < -0.3 is 14.5 Å². The number of hydrogen-bond donors (Lipinski definition) is 0. The zero-order valence-electron chi connectivity index (χ0n) is 17.1. The highest BCUT2D eigenvalue weighted by molar-refractivity contribution is 6.07. The van der Waals surface area contributed by atoms with E-state index in [0.717, 1.165) is 0 Å². The first-order valence-corrected chi connectivity index (χ1v) is 9.92. The van der Waals surface area contributed by atoms with Crippen molar-refractivity contribution in [1.29, 1.82) is 0 Å². The Kier molecular flexibility index (Phi) is 5.63. The summed E-state index contributed by atoms with van der Waals surface area (Å²) < 4.78 is 5.48. The third kappa shape index (κ3) is 3.45. The highest BCUT2D eigenvalue weighted by atomic mass is 16.5. The average Bonchev–Trinajstić information content (AvgIpc) is 2.85. The van der Waals surface area contributed by atoms with Crippen molar-refractivity contribution >= 4 is 17.8 Å². The molecule has 28 heavy (non-hydrogen) atoms. The van der Waals surface area contributed by atoms with E-state index in [1.807, 2.05) is 32.9 Å². The highest BCUT2D eigenvalue weighted by Gasteiger charge is 2.57. The SMILES string of the molecule is CCOc1cccc(C(=O)N2CCC3(CC2)C(=O)N(C)C(=O)N3CC(C)C)c1. The Balaban J connectivity index is 1.75. The van der Waals surface area contributed by atoms with Gasteiger partial charge in [0.2, 0.25) is 0 Å². The lowest BCUT2D eigenvalue weighted by Gasteiger charge is -2.42. The Labute approximate surface area is 166 Å². The molecular formula is C21H29N3O4. The van der Waals surface area contributed by atoms with E-state index in [1.54, 1.807) is 29.0 Å². The van der Waals surface area contributed by atoms with Crippen LogP contribution in [-0.2, 0) is 4.79 Å². The standard InChI is InChI=1S/C21H29N3O4/c1-5-28-17-8-6-7-16(13-17)18(25)23-11-9-21(10-12-23)19(26)22(4)20(27)24(21)14-15(2)3/h6-8,13,15H,5,9-12,14H2,1-4H3. The average molecular weight is 387 g/mol. The second-order valence-electron chi connectivity index (χ2n) is 7.94. The van der Waals surface area contributed by atoms with E-state index >= 15 is 0 Å². The summed E-state index contributed by atoms with van der Waals surface area (Å²) >= 11 is 0. The van der Waals surface area contributed by atoms with Gasteiger partial charge in [-0.3, -0.25) is 14.5 Å². The van der Waals surface area contributed by atoms with Crippen molar-refractivity contribution in [1.82, 2.24) is 14.7 Å². The third-order valence-electron chi connectivity index (χ3n) is 5.55. The molecule has 0 bridgehead atoms. The Hall–Kier alpha value is -2.57. The quantitative estimate of drug-likeness (QED) is 0.728. The molecule has 0 aromatic heterocycles. The van der Waals surface area contributed by atoms with Gasteiger partial charge in [-0.1, -0.05) is 19.9 Å². The molecule has 0 radical (unpaired) electrons. The molecule has 1 spiro atoms. The largest absolute Gasteiger partial charge is 0.494 e. The molecule has 3 rings (SSSR count). The van der Waals surface area contributed by atoms with Crippen LogP contribution >= 0.6 is 0 Å². The molecule has 1 aromatic carbocycles. The van der Waals surface area contributed by atoms with Crippen molar-refractivity contribution in [2.45, 2.75) is 39.2 Å². The maximum absolute atomic E-state index is 12.9. The fraction of sp³-hybridized carbons (Fsp3) is 0.571. The van der Waals surface area contributed by atoms with Crippen molar-refractivity contribution in [2.75, 3.05) is 33.3 Å². The van der Waals surface area contributed by atoms with Crippen LogP contribution in [0.15, 0.2) is 24.3 Å². The molecule has 0 aliphatic carbocycles. The lowest BCUT2D eigenvalue weighted by atomic mass is 9.85. The Morgan fingerprint density at radius 1 is 1.21 bits per heavy atom. The minimum absolute atomic E-state index is 0.0723. The van der Waals surface area contributed by atoms with E-state index in [1.165, 1.54) is 4.90 Å². The predicted molar refractivity (Wildman–Crippen MR) is 105 cm³/mol. The van der Waals surface area contributed by atoms with E-state index in [-0.39, 0.29) is 23.8 Å². The second-order valence-corrected chi connectivity index (χ2v) is 7.94. The number of likely N-dealkylation sites (tertiary alicyclic amines) is 1. The molecule has 0 N–H and O–H groups in total. The van der Waals surface area contributed by atoms with Gasteiger partial charge in [-0.15, -0.1) is 0 Å². The summed E-state index contributed by atoms with van der Waals surface area (Å²) in [4.78, 5) is 43.1. The molecule has 7 heteroatoms. The zero-order chi connectivity index (χ0) is 20.5. The lowest BCUT2D eigenvalue weighted by Crippen LogP contribution is -2.58. The van der Waals surface area contributed by atoms with E-state index in [9.17, 15) is 14.4 Å². The van der Waals surface area contributed by atoms with Crippen LogP contribution in [0.25, 0.3) is 0 Å². The van der Waals surface area contributed by atoms with Gasteiger partial charge in [-0.05, 0) is 43.9 Å². The number of hydrogen-bond acceptors (Lipinski definition) is 4. The monoisotopic (exact) mass is 387 g/mol. The Morgan fingerprint density at radius 3 is 2.50 bits per heavy atom.